The van der Waals surface area contributed by atoms with Crippen LogP contribution in [0.3, 0.4) is 0 Å². The van der Waals surface area contributed by atoms with Crippen LogP contribution in [0.25, 0.3) is 10.8 Å². The molecule has 0 fully saturated rings. The van der Waals surface area contributed by atoms with Gasteiger partial charge in [0.2, 0.25) is 0 Å². The Morgan fingerprint density at radius 3 is 2.47 bits per heavy atom. The van der Waals surface area contributed by atoms with Gasteiger partial charge in [0, 0.05) is 12.3 Å². The molecule has 0 bridgehead atoms. The lowest BCUT2D eigenvalue weighted by molar-refractivity contribution is 0.531. The first-order valence-electron chi connectivity index (χ1n) is 6.12. The molecule has 0 heterocycles. The molecule has 2 aromatic carbocycles. The summed E-state index contributed by atoms with van der Waals surface area (Å²) in [6, 6.07) is 13.9. The van der Waals surface area contributed by atoms with Crippen LogP contribution in [0, 0.1) is 0 Å². The highest BCUT2D eigenvalue weighted by Crippen LogP contribution is 2.22. The predicted molar refractivity (Wildman–Crippen MR) is 78.3 cm³/mol. The van der Waals surface area contributed by atoms with Crippen molar-refractivity contribution >= 4 is 20.6 Å². The van der Waals surface area contributed by atoms with Crippen LogP contribution in [0.5, 0.6) is 0 Å². The van der Waals surface area contributed by atoms with E-state index in [2.05, 4.69) is 5.43 Å². The van der Waals surface area contributed by atoms with Gasteiger partial charge in [0.05, 0.1) is 5.75 Å². The molecule has 2 rings (SSSR count). The Hall–Kier alpha value is -1.43. The lowest BCUT2D eigenvalue weighted by Gasteiger charge is -2.16. The SMILES string of the molecule is CS(=O)(=O)CCC(NN)c1ccc2ccccc2c1. The molecule has 0 saturated heterocycles. The molecule has 0 saturated carbocycles. The highest BCUT2D eigenvalue weighted by atomic mass is 32.2. The van der Waals surface area contributed by atoms with Crippen molar-refractivity contribution in [1.82, 2.24) is 5.43 Å². The van der Waals surface area contributed by atoms with Gasteiger partial charge in [-0.3, -0.25) is 11.3 Å². The maximum absolute atomic E-state index is 11.2. The Bertz CT molecular complexity index is 668. The standard InChI is InChI=1S/C14H18N2O2S/c1-19(17,18)9-8-14(16-15)13-7-6-11-4-2-3-5-12(11)10-13/h2-7,10,14,16H,8-9,15H2,1H3. The number of hydrogen-bond donors (Lipinski definition) is 2. The quantitative estimate of drug-likeness (QED) is 0.646. The van der Waals surface area contributed by atoms with E-state index in [1.807, 2.05) is 42.5 Å². The number of nitrogens with two attached hydrogens (primary N) is 1. The molecule has 0 spiro atoms. The number of benzene rings is 2. The maximum Gasteiger partial charge on any atom is 0.147 e. The summed E-state index contributed by atoms with van der Waals surface area (Å²) in [6.07, 6.45) is 1.70. The van der Waals surface area contributed by atoms with Crippen molar-refractivity contribution in [2.45, 2.75) is 12.5 Å². The topological polar surface area (TPSA) is 72.2 Å². The molecule has 1 atom stereocenters. The number of fused-ring (bicyclic) bond motifs is 1. The number of hydrogen-bond acceptors (Lipinski definition) is 4. The fourth-order valence-corrected chi connectivity index (χ4v) is 2.77. The summed E-state index contributed by atoms with van der Waals surface area (Å²) in [4.78, 5) is 0. The molecule has 0 aliphatic heterocycles. The first-order chi connectivity index (χ1) is 8.99. The van der Waals surface area contributed by atoms with Crippen molar-refractivity contribution in [2.24, 2.45) is 5.84 Å². The van der Waals surface area contributed by atoms with Gasteiger partial charge in [-0.1, -0.05) is 36.4 Å². The van der Waals surface area contributed by atoms with E-state index in [1.165, 1.54) is 6.26 Å². The third-order valence-electron chi connectivity index (χ3n) is 3.15. The van der Waals surface area contributed by atoms with E-state index in [0.29, 0.717) is 6.42 Å². The lowest BCUT2D eigenvalue weighted by Crippen LogP contribution is -2.29. The second-order valence-electron chi connectivity index (χ2n) is 4.74. The number of nitrogens with one attached hydrogen (secondary N) is 1. The number of sulfone groups is 1. The normalized spacial score (nSPS) is 13.6. The van der Waals surface area contributed by atoms with E-state index in [1.54, 1.807) is 0 Å². The van der Waals surface area contributed by atoms with Crippen LogP contribution in [0.15, 0.2) is 42.5 Å². The minimum Gasteiger partial charge on any atom is -0.271 e. The molecule has 3 N–H and O–H groups in total. The zero-order chi connectivity index (χ0) is 13.9. The van der Waals surface area contributed by atoms with E-state index >= 15 is 0 Å². The molecule has 2 aromatic rings. The molecule has 0 aliphatic carbocycles. The van der Waals surface area contributed by atoms with Gasteiger partial charge in [0.25, 0.3) is 0 Å². The highest BCUT2D eigenvalue weighted by molar-refractivity contribution is 7.90. The van der Waals surface area contributed by atoms with Crippen molar-refractivity contribution < 1.29 is 8.42 Å². The van der Waals surface area contributed by atoms with Crippen LogP contribution in [0.4, 0.5) is 0 Å². The van der Waals surface area contributed by atoms with Gasteiger partial charge in [-0.15, -0.1) is 0 Å². The Balaban J connectivity index is 2.25. The van der Waals surface area contributed by atoms with E-state index in [4.69, 9.17) is 5.84 Å². The van der Waals surface area contributed by atoms with Gasteiger partial charge in [0.1, 0.15) is 9.84 Å². The van der Waals surface area contributed by atoms with Gasteiger partial charge in [-0.25, -0.2) is 8.42 Å². The van der Waals surface area contributed by atoms with Crippen molar-refractivity contribution in [3.63, 3.8) is 0 Å². The maximum atomic E-state index is 11.2. The second-order valence-corrected chi connectivity index (χ2v) is 7.00. The average Bonchev–Trinajstić information content (AvgIpc) is 2.38. The second kappa shape index (κ2) is 5.69. The summed E-state index contributed by atoms with van der Waals surface area (Å²) in [7, 11) is -2.98. The molecule has 0 aliphatic rings. The van der Waals surface area contributed by atoms with Crippen LogP contribution in [-0.2, 0) is 9.84 Å². The smallest absolute Gasteiger partial charge is 0.147 e. The Morgan fingerprint density at radius 2 is 1.84 bits per heavy atom. The molecule has 1 unspecified atom stereocenters. The van der Waals surface area contributed by atoms with Gasteiger partial charge < -0.3 is 0 Å². The Labute approximate surface area is 113 Å². The van der Waals surface area contributed by atoms with Crippen LogP contribution in [0.2, 0.25) is 0 Å². The van der Waals surface area contributed by atoms with Crippen molar-refractivity contribution in [3.05, 3.63) is 48.0 Å². The van der Waals surface area contributed by atoms with Crippen molar-refractivity contribution in [3.8, 4) is 0 Å². The van der Waals surface area contributed by atoms with E-state index in [9.17, 15) is 8.42 Å². The Morgan fingerprint density at radius 1 is 1.16 bits per heavy atom. The van der Waals surface area contributed by atoms with Crippen LogP contribution < -0.4 is 11.3 Å². The summed E-state index contributed by atoms with van der Waals surface area (Å²) in [5.74, 6) is 5.65. The molecule has 5 heteroatoms. The Kier molecular flexibility index (Phi) is 4.19. The molecule has 0 amide bonds. The van der Waals surface area contributed by atoms with Gasteiger partial charge in [-0.2, -0.15) is 0 Å². The van der Waals surface area contributed by atoms with E-state index in [-0.39, 0.29) is 11.8 Å². The summed E-state index contributed by atoms with van der Waals surface area (Å²) in [6.45, 7) is 0. The van der Waals surface area contributed by atoms with Gasteiger partial charge in [-0.05, 0) is 28.8 Å². The fraction of sp³-hybridized carbons (Fsp3) is 0.286. The van der Waals surface area contributed by atoms with Crippen LogP contribution in [0.1, 0.15) is 18.0 Å². The van der Waals surface area contributed by atoms with Crippen LogP contribution >= 0.6 is 0 Å². The molecule has 102 valence electrons. The zero-order valence-corrected chi connectivity index (χ0v) is 11.7. The molecular weight excluding hydrogens is 260 g/mol. The monoisotopic (exact) mass is 278 g/mol. The van der Waals surface area contributed by atoms with Gasteiger partial charge in [0.15, 0.2) is 0 Å². The van der Waals surface area contributed by atoms with Gasteiger partial charge >= 0.3 is 0 Å². The summed E-state index contributed by atoms with van der Waals surface area (Å²) in [5.41, 5.74) is 3.70. The van der Waals surface area contributed by atoms with Crippen molar-refractivity contribution in [2.75, 3.05) is 12.0 Å². The number of rotatable bonds is 5. The third kappa shape index (κ3) is 3.76. The summed E-state index contributed by atoms with van der Waals surface area (Å²) < 4.78 is 22.5. The largest absolute Gasteiger partial charge is 0.271 e. The lowest BCUT2D eigenvalue weighted by atomic mass is 10.0. The van der Waals surface area contributed by atoms with Crippen LogP contribution in [-0.4, -0.2) is 20.4 Å². The zero-order valence-electron chi connectivity index (χ0n) is 10.8. The van der Waals surface area contributed by atoms with E-state index < -0.39 is 9.84 Å². The predicted octanol–water partition coefficient (Wildman–Crippen LogP) is 1.78. The molecular formula is C14H18N2O2S. The first-order valence-corrected chi connectivity index (χ1v) is 8.18. The highest BCUT2D eigenvalue weighted by Gasteiger charge is 2.13. The first kappa shape index (κ1) is 14.0. The summed E-state index contributed by atoms with van der Waals surface area (Å²) >= 11 is 0. The third-order valence-corrected chi connectivity index (χ3v) is 4.13. The number of hydrazine groups is 1. The summed E-state index contributed by atoms with van der Waals surface area (Å²) in [5, 5.41) is 2.28. The average molecular weight is 278 g/mol. The fourth-order valence-electron chi connectivity index (χ4n) is 2.10. The van der Waals surface area contributed by atoms with Crippen molar-refractivity contribution in [1.29, 1.82) is 0 Å². The minimum atomic E-state index is -2.98. The minimum absolute atomic E-state index is 0.120. The molecule has 0 radical (unpaired) electrons. The molecule has 19 heavy (non-hydrogen) atoms. The van der Waals surface area contributed by atoms with E-state index in [0.717, 1.165) is 16.3 Å². The molecule has 0 aromatic heterocycles. The molecule has 4 nitrogen and oxygen atoms in total.